The van der Waals surface area contributed by atoms with Gasteiger partial charge in [0.25, 0.3) is 10.0 Å². The Kier molecular flexibility index (Phi) is 8.39. The van der Waals surface area contributed by atoms with Crippen molar-refractivity contribution in [3.8, 4) is 29.6 Å². The van der Waals surface area contributed by atoms with Crippen molar-refractivity contribution in [2.75, 3.05) is 43.1 Å². The van der Waals surface area contributed by atoms with E-state index in [1.807, 2.05) is 11.9 Å². The molecule has 15 heteroatoms. The van der Waals surface area contributed by atoms with Gasteiger partial charge < -0.3 is 19.9 Å². The highest BCUT2D eigenvalue weighted by Gasteiger charge is 2.34. The van der Waals surface area contributed by atoms with Gasteiger partial charge in [-0.3, -0.25) is 4.98 Å². The zero-order valence-electron chi connectivity index (χ0n) is 29.3. The smallest absolute Gasteiger partial charge is 0.319 e. The van der Waals surface area contributed by atoms with Crippen LogP contribution in [0.25, 0.3) is 32.9 Å². The molecule has 5 heterocycles. The highest BCUT2D eigenvalue weighted by atomic mass is 32.2. The molecule has 12 nitrogen and oxygen atoms in total. The summed E-state index contributed by atoms with van der Waals surface area (Å²) in [6.45, 7) is 1.79. The molecule has 0 amide bonds. The normalized spacial score (nSPS) is 18.3. The minimum absolute atomic E-state index is 0.0181. The molecule has 2 bridgehead atoms. The van der Waals surface area contributed by atoms with Gasteiger partial charge in [0.05, 0.1) is 22.4 Å². The van der Waals surface area contributed by atoms with Crippen molar-refractivity contribution in [3.63, 3.8) is 0 Å². The number of terminal acetylenes is 1. The number of hydrogen-bond acceptors (Lipinski definition) is 11. The Hall–Kier alpha value is -5.72. The standard InChI is InChI=1S/C39H35F2N9O3S/c1-3-29-32(40)15-12-23-6-4-9-30(33(23)29)35-34(41)36-31(19-42-35)38(49-20-25-13-14-26(21-49)44-25)46-39(45-36)53-17-16-48(2)27-7-5-8-28(18-27)54(51,52)50-22-43-37(47-50)24-10-11-24/h1,4-9,12,15,18-19,22,24-26,44H,10-11,13-14,16-17,20-21H2,2H3/t25-,26+. The molecule has 274 valence electrons. The number of aromatic nitrogens is 6. The summed E-state index contributed by atoms with van der Waals surface area (Å²) in [6, 6.07) is 15.2. The maximum Gasteiger partial charge on any atom is 0.319 e. The van der Waals surface area contributed by atoms with Gasteiger partial charge in [0.2, 0.25) is 0 Å². The number of halogens is 2. The van der Waals surface area contributed by atoms with Crippen LogP contribution in [0.4, 0.5) is 20.3 Å². The summed E-state index contributed by atoms with van der Waals surface area (Å²) in [7, 11) is -2.13. The second-order valence-corrected chi connectivity index (χ2v) is 15.8. The highest BCUT2D eigenvalue weighted by molar-refractivity contribution is 7.89. The van der Waals surface area contributed by atoms with Crippen LogP contribution in [0.5, 0.6) is 6.01 Å². The minimum Gasteiger partial charge on any atom is -0.462 e. The van der Waals surface area contributed by atoms with Crippen LogP contribution < -0.4 is 19.9 Å². The van der Waals surface area contributed by atoms with Gasteiger partial charge in [0, 0.05) is 61.0 Å². The van der Waals surface area contributed by atoms with E-state index in [-0.39, 0.29) is 52.3 Å². The Morgan fingerprint density at radius 2 is 1.81 bits per heavy atom. The van der Waals surface area contributed by atoms with Gasteiger partial charge in [-0.25, -0.2) is 13.8 Å². The van der Waals surface area contributed by atoms with Crippen molar-refractivity contribution in [3.05, 3.63) is 90.1 Å². The van der Waals surface area contributed by atoms with Crippen LogP contribution in [0.1, 0.15) is 43.0 Å². The molecule has 3 aromatic heterocycles. The predicted molar refractivity (Wildman–Crippen MR) is 200 cm³/mol. The van der Waals surface area contributed by atoms with E-state index in [0.29, 0.717) is 58.7 Å². The maximum atomic E-state index is 16.8. The van der Waals surface area contributed by atoms with E-state index in [2.05, 4.69) is 36.2 Å². The largest absolute Gasteiger partial charge is 0.462 e. The lowest BCUT2D eigenvalue weighted by Gasteiger charge is -2.34. The van der Waals surface area contributed by atoms with E-state index in [4.69, 9.17) is 16.1 Å². The van der Waals surface area contributed by atoms with Gasteiger partial charge in [-0.1, -0.05) is 36.3 Å². The zero-order valence-corrected chi connectivity index (χ0v) is 30.1. The summed E-state index contributed by atoms with van der Waals surface area (Å²) < 4.78 is 65.5. The lowest BCUT2D eigenvalue weighted by atomic mass is 9.96. The summed E-state index contributed by atoms with van der Waals surface area (Å²) in [5, 5.41) is 9.30. The van der Waals surface area contributed by atoms with Gasteiger partial charge >= 0.3 is 6.01 Å². The number of nitrogens with one attached hydrogen (secondary N) is 1. The number of hydrogen-bond donors (Lipinski definition) is 1. The second-order valence-electron chi connectivity index (χ2n) is 14.0. The van der Waals surface area contributed by atoms with Crippen molar-refractivity contribution in [1.82, 2.24) is 34.4 Å². The van der Waals surface area contributed by atoms with Crippen LogP contribution in [0.3, 0.4) is 0 Å². The van der Waals surface area contributed by atoms with Crippen LogP contribution in [0.15, 0.2) is 72.0 Å². The Balaban J connectivity index is 1.02. The van der Waals surface area contributed by atoms with Gasteiger partial charge in [-0.2, -0.15) is 18.4 Å². The van der Waals surface area contributed by atoms with E-state index in [9.17, 15) is 12.8 Å². The Morgan fingerprint density at radius 3 is 2.59 bits per heavy atom. The molecule has 3 fully saturated rings. The second kappa shape index (κ2) is 13.3. The Labute approximate surface area is 310 Å². The van der Waals surface area contributed by atoms with E-state index in [1.165, 1.54) is 18.5 Å². The van der Waals surface area contributed by atoms with Crippen molar-refractivity contribution in [2.45, 2.75) is 48.6 Å². The number of ether oxygens (including phenoxy) is 1. The SMILES string of the molecule is C#Cc1c(F)ccc2cccc(-c3ncc4c(N5C[C@H]6CC[C@@H](C5)N6)nc(OCCN(C)c5cccc(S(=O)(=O)n6cnc(C7CC7)n6)c5)nc4c3F)c12. The van der Waals surface area contributed by atoms with Crippen molar-refractivity contribution in [2.24, 2.45) is 0 Å². The van der Waals surface area contributed by atoms with Gasteiger partial charge in [-0.15, -0.1) is 15.6 Å². The molecule has 1 N–H and O–H groups in total. The third kappa shape index (κ3) is 6.05. The fourth-order valence-corrected chi connectivity index (χ4v) is 8.57. The molecular formula is C39H35F2N9O3S. The fraction of sp³-hybridized carbons (Fsp3) is 0.308. The Bertz CT molecular complexity index is 2590. The summed E-state index contributed by atoms with van der Waals surface area (Å²) in [6.07, 6.45) is 12.5. The molecule has 2 atom stereocenters. The predicted octanol–water partition coefficient (Wildman–Crippen LogP) is 5.27. The molecule has 6 aromatic rings. The number of pyridine rings is 1. The number of piperazine rings is 1. The van der Waals surface area contributed by atoms with Crippen LogP contribution >= 0.6 is 0 Å². The first-order chi connectivity index (χ1) is 26.2. The van der Waals surface area contributed by atoms with Gasteiger partial charge in [0.1, 0.15) is 35.8 Å². The first-order valence-electron chi connectivity index (χ1n) is 17.8. The van der Waals surface area contributed by atoms with Crippen molar-refractivity contribution >= 4 is 43.2 Å². The molecule has 0 spiro atoms. The number of anilines is 2. The van der Waals surface area contributed by atoms with Gasteiger partial charge in [-0.05, 0) is 55.3 Å². The first kappa shape index (κ1) is 34.1. The topological polar surface area (TPSA) is 131 Å². The molecule has 1 aliphatic carbocycles. The third-order valence-corrected chi connectivity index (χ3v) is 12.0. The molecule has 3 aliphatic rings. The van der Waals surface area contributed by atoms with Crippen LogP contribution in [0, 0.1) is 24.0 Å². The lowest BCUT2D eigenvalue weighted by Crippen LogP contribution is -2.51. The highest BCUT2D eigenvalue weighted by Crippen LogP contribution is 2.39. The zero-order chi connectivity index (χ0) is 37.1. The summed E-state index contributed by atoms with van der Waals surface area (Å²) in [5.74, 6) is 2.43. The van der Waals surface area contributed by atoms with Gasteiger partial charge in [0.15, 0.2) is 11.6 Å². The lowest BCUT2D eigenvalue weighted by molar-refractivity contribution is 0.301. The first-order valence-corrected chi connectivity index (χ1v) is 19.3. The minimum atomic E-state index is -3.94. The van der Waals surface area contributed by atoms with Crippen LogP contribution in [0.2, 0.25) is 0 Å². The number of fused-ring (bicyclic) bond motifs is 4. The Morgan fingerprint density at radius 1 is 1.02 bits per heavy atom. The molecule has 0 radical (unpaired) electrons. The fourth-order valence-electron chi connectivity index (χ4n) is 7.48. The quantitative estimate of drug-likeness (QED) is 0.184. The van der Waals surface area contributed by atoms with Crippen molar-refractivity contribution < 1.29 is 21.9 Å². The molecular weight excluding hydrogens is 713 g/mol. The summed E-state index contributed by atoms with van der Waals surface area (Å²) in [5.41, 5.74) is 1.01. The third-order valence-electron chi connectivity index (χ3n) is 10.4. The molecule has 2 saturated heterocycles. The molecule has 54 heavy (non-hydrogen) atoms. The van der Waals surface area contributed by atoms with E-state index in [1.54, 1.807) is 48.7 Å². The number of rotatable bonds is 10. The number of benzene rings is 3. The van der Waals surface area contributed by atoms with E-state index in [0.717, 1.165) is 29.8 Å². The molecule has 3 aromatic carbocycles. The van der Waals surface area contributed by atoms with Crippen LogP contribution in [-0.4, -0.2) is 82.9 Å². The van der Waals surface area contributed by atoms with Crippen LogP contribution in [-0.2, 0) is 10.0 Å². The number of likely N-dealkylation sites (N-methyl/N-ethyl adjacent to an activating group) is 1. The maximum absolute atomic E-state index is 16.8. The number of nitrogens with zero attached hydrogens (tertiary/aromatic N) is 8. The average molecular weight is 748 g/mol. The average Bonchev–Trinajstić information content (AvgIpc) is 3.81. The summed E-state index contributed by atoms with van der Waals surface area (Å²) >= 11 is 0. The monoisotopic (exact) mass is 747 g/mol. The molecule has 9 rings (SSSR count). The van der Waals surface area contributed by atoms with E-state index >= 15 is 4.39 Å². The van der Waals surface area contributed by atoms with Crippen molar-refractivity contribution in [1.29, 1.82) is 0 Å². The van der Waals surface area contributed by atoms with E-state index < -0.39 is 21.7 Å². The molecule has 2 aliphatic heterocycles. The molecule has 1 saturated carbocycles. The molecule has 0 unspecified atom stereocenters. The summed E-state index contributed by atoms with van der Waals surface area (Å²) in [4.78, 5) is 22.1.